The summed E-state index contributed by atoms with van der Waals surface area (Å²) in [4.78, 5) is 23.0. The second-order valence-corrected chi connectivity index (χ2v) is 5.05. The molecule has 2 unspecified atom stereocenters. The maximum absolute atomic E-state index is 12.1. The molecule has 0 aliphatic heterocycles. The maximum atomic E-state index is 12.1. The number of amides is 1. The van der Waals surface area contributed by atoms with Gasteiger partial charge in [-0.25, -0.2) is 4.79 Å². The fourth-order valence-electron chi connectivity index (χ4n) is 2.17. The number of fused-ring (bicyclic) bond motifs is 1. The van der Waals surface area contributed by atoms with E-state index in [4.69, 9.17) is 9.84 Å². The van der Waals surface area contributed by atoms with E-state index >= 15 is 0 Å². The first-order valence-corrected chi connectivity index (χ1v) is 7.20. The molecule has 0 saturated heterocycles. The summed E-state index contributed by atoms with van der Waals surface area (Å²) in [6.45, 7) is 3.31. The van der Waals surface area contributed by atoms with E-state index in [1.54, 1.807) is 19.9 Å². The van der Waals surface area contributed by atoms with Gasteiger partial charge in [0.2, 0.25) is 0 Å². The van der Waals surface area contributed by atoms with Crippen molar-refractivity contribution in [1.82, 2.24) is 5.32 Å². The highest BCUT2D eigenvalue weighted by Crippen LogP contribution is 2.26. The number of aliphatic carboxylic acids is 1. The molecule has 0 heterocycles. The lowest BCUT2D eigenvalue weighted by molar-refractivity contribution is -0.143. The van der Waals surface area contributed by atoms with Crippen LogP contribution in [0.4, 0.5) is 0 Å². The smallest absolute Gasteiger partial charge is 0.326 e. The molecule has 0 aliphatic rings. The lowest BCUT2D eigenvalue weighted by Gasteiger charge is -2.18. The van der Waals surface area contributed by atoms with Crippen LogP contribution in [0.5, 0.6) is 5.75 Å². The van der Waals surface area contributed by atoms with Gasteiger partial charge in [0.25, 0.3) is 5.91 Å². The quantitative estimate of drug-likeness (QED) is 0.860. The summed E-state index contributed by atoms with van der Waals surface area (Å²) in [6, 6.07) is 12.4. The Morgan fingerprint density at radius 1 is 1.18 bits per heavy atom. The van der Waals surface area contributed by atoms with Crippen LogP contribution in [0.15, 0.2) is 42.5 Å². The highest BCUT2D eigenvalue weighted by atomic mass is 16.5. The van der Waals surface area contributed by atoms with Gasteiger partial charge in [0.05, 0.1) is 0 Å². The van der Waals surface area contributed by atoms with Crippen molar-refractivity contribution in [3.63, 3.8) is 0 Å². The Balaban J connectivity index is 2.12. The van der Waals surface area contributed by atoms with Crippen LogP contribution in [0.1, 0.15) is 20.3 Å². The molecule has 116 valence electrons. The van der Waals surface area contributed by atoms with E-state index in [9.17, 15) is 9.59 Å². The molecule has 0 aromatic heterocycles. The normalized spacial score (nSPS) is 13.4. The van der Waals surface area contributed by atoms with Gasteiger partial charge in [0.1, 0.15) is 11.8 Å². The molecule has 2 atom stereocenters. The van der Waals surface area contributed by atoms with Crippen LogP contribution in [-0.2, 0) is 9.59 Å². The van der Waals surface area contributed by atoms with Crippen molar-refractivity contribution in [2.24, 2.45) is 0 Å². The van der Waals surface area contributed by atoms with Crippen molar-refractivity contribution in [3.05, 3.63) is 42.5 Å². The van der Waals surface area contributed by atoms with Crippen LogP contribution in [0.3, 0.4) is 0 Å². The van der Waals surface area contributed by atoms with Crippen molar-refractivity contribution in [2.75, 3.05) is 0 Å². The molecule has 5 nitrogen and oxygen atoms in total. The summed E-state index contributed by atoms with van der Waals surface area (Å²) in [5, 5.41) is 13.4. The fourth-order valence-corrected chi connectivity index (χ4v) is 2.17. The SMILES string of the molecule is CCC(NC(=O)C(C)Oc1cccc2ccccc12)C(=O)O. The van der Waals surface area contributed by atoms with Crippen LogP contribution in [0.25, 0.3) is 10.8 Å². The largest absolute Gasteiger partial charge is 0.480 e. The summed E-state index contributed by atoms with van der Waals surface area (Å²) in [5.41, 5.74) is 0. The molecule has 2 rings (SSSR count). The monoisotopic (exact) mass is 301 g/mol. The number of carbonyl (C=O) groups excluding carboxylic acids is 1. The molecule has 2 aromatic carbocycles. The molecular formula is C17H19NO4. The Kier molecular flexibility index (Phi) is 4.99. The summed E-state index contributed by atoms with van der Waals surface area (Å²) >= 11 is 0. The average Bonchev–Trinajstić information content (AvgIpc) is 2.52. The molecule has 0 radical (unpaired) electrons. The number of nitrogens with one attached hydrogen (secondary N) is 1. The third-order valence-corrected chi connectivity index (χ3v) is 3.45. The van der Waals surface area contributed by atoms with Gasteiger partial charge < -0.3 is 15.2 Å². The zero-order valence-electron chi connectivity index (χ0n) is 12.6. The van der Waals surface area contributed by atoms with Gasteiger partial charge >= 0.3 is 5.97 Å². The van der Waals surface area contributed by atoms with Crippen LogP contribution >= 0.6 is 0 Å². The van der Waals surface area contributed by atoms with Gasteiger partial charge in [-0.05, 0) is 24.8 Å². The summed E-state index contributed by atoms with van der Waals surface area (Å²) < 4.78 is 5.71. The van der Waals surface area contributed by atoms with E-state index in [1.165, 1.54) is 0 Å². The number of hydrogen-bond donors (Lipinski definition) is 2. The van der Waals surface area contributed by atoms with Crippen LogP contribution in [-0.4, -0.2) is 29.1 Å². The van der Waals surface area contributed by atoms with E-state index in [-0.39, 0.29) is 0 Å². The van der Waals surface area contributed by atoms with Gasteiger partial charge in [-0.1, -0.05) is 43.3 Å². The summed E-state index contributed by atoms with van der Waals surface area (Å²) in [6.07, 6.45) is -0.457. The Hall–Kier alpha value is -2.56. The van der Waals surface area contributed by atoms with E-state index in [0.29, 0.717) is 12.2 Å². The fraction of sp³-hybridized carbons (Fsp3) is 0.294. The molecule has 0 aliphatic carbocycles. The Labute approximate surface area is 128 Å². The standard InChI is InChI=1S/C17H19NO4/c1-3-14(17(20)21)18-16(19)11(2)22-15-10-6-8-12-7-4-5-9-13(12)15/h4-11,14H,3H2,1-2H3,(H,18,19)(H,20,21). The first kappa shape index (κ1) is 15.8. The Bertz CT molecular complexity index is 678. The third-order valence-electron chi connectivity index (χ3n) is 3.45. The van der Waals surface area contributed by atoms with Gasteiger partial charge in [-0.3, -0.25) is 4.79 Å². The second kappa shape index (κ2) is 6.93. The van der Waals surface area contributed by atoms with Crippen molar-refractivity contribution in [2.45, 2.75) is 32.4 Å². The molecule has 2 N–H and O–H groups in total. The number of rotatable bonds is 6. The number of ether oxygens (including phenoxy) is 1. The van der Waals surface area contributed by atoms with Crippen LogP contribution in [0.2, 0.25) is 0 Å². The van der Waals surface area contributed by atoms with E-state index in [0.717, 1.165) is 10.8 Å². The highest BCUT2D eigenvalue weighted by Gasteiger charge is 2.22. The maximum Gasteiger partial charge on any atom is 0.326 e. The molecule has 0 fully saturated rings. The van der Waals surface area contributed by atoms with Gasteiger partial charge in [0, 0.05) is 5.39 Å². The second-order valence-electron chi connectivity index (χ2n) is 5.05. The van der Waals surface area contributed by atoms with E-state index < -0.39 is 24.0 Å². The Morgan fingerprint density at radius 2 is 1.86 bits per heavy atom. The van der Waals surface area contributed by atoms with Gasteiger partial charge in [-0.15, -0.1) is 0 Å². The van der Waals surface area contributed by atoms with Crippen molar-refractivity contribution < 1.29 is 19.4 Å². The van der Waals surface area contributed by atoms with Crippen molar-refractivity contribution in [3.8, 4) is 5.75 Å². The molecule has 1 amide bonds. The summed E-state index contributed by atoms with van der Waals surface area (Å²) in [5.74, 6) is -0.889. The van der Waals surface area contributed by atoms with Gasteiger partial charge in [0.15, 0.2) is 6.10 Å². The molecule has 0 bridgehead atoms. The predicted octanol–water partition coefficient (Wildman–Crippen LogP) is 2.59. The number of hydrogen-bond acceptors (Lipinski definition) is 3. The molecule has 5 heteroatoms. The predicted molar refractivity (Wildman–Crippen MR) is 83.9 cm³/mol. The highest BCUT2D eigenvalue weighted by molar-refractivity contribution is 5.89. The first-order chi connectivity index (χ1) is 10.5. The number of carboxylic acids is 1. The van der Waals surface area contributed by atoms with E-state index in [2.05, 4.69) is 5.32 Å². The molecule has 0 spiro atoms. The minimum Gasteiger partial charge on any atom is -0.480 e. The molecule has 0 saturated carbocycles. The van der Waals surface area contributed by atoms with Crippen LogP contribution in [0, 0.1) is 0 Å². The number of carbonyl (C=O) groups is 2. The lowest BCUT2D eigenvalue weighted by Crippen LogP contribution is -2.45. The zero-order valence-corrected chi connectivity index (χ0v) is 12.6. The van der Waals surface area contributed by atoms with Crippen LogP contribution < -0.4 is 10.1 Å². The lowest BCUT2D eigenvalue weighted by atomic mass is 10.1. The summed E-state index contributed by atoms with van der Waals surface area (Å²) in [7, 11) is 0. The topological polar surface area (TPSA) is 75.6 Å². The Morgan fingerprint density at radius 3 is 2.55 bits per heavy atom. The first-order valence-electron chi connectivity index (χ1n) is 7.20. The van der Waals surface area contributed by atoms with Crippen molar-refractivity contribution >= 4 is 22.6 Å². The number of benzene rings is 2. The minimum atomic E-state index is -1.05. The molecule has 2 aromatic rings. The average molecular weight is 301 g/mol. The number of carboxylic acid groups (broad SMARTS) is 1. The molecular weight excluding hydrogens is 282 g/mol. The van der Waals surface area contributed by atoms with E-state index in [1.807, 2.05) is 36.4 Å². The zero-order chi connectivity index (χ0) is 16.1. The molecule has 22 heavy (non-hydrogen) atoms. The third kappa shape index (κ3) is 3.55. The van der Waals surface area contributed by atoms with Crippen molar-refractivity contribution in [1.29, 1.82) is 0 Å². The van der Waals surface area contributed by atoms with Gasteiger partial charge in [-0.2, -0.15) is 0 Å². The minimum absolute atomic E-state index is 0.321.